The van der Waals surface area contributed by atoms with Gasteiger partial charge in [-0.3, -0.25) is 0 Å². The van der Waals surface area contributed by atoms with Gasteiger partial charge in [-0.25, -0.2) is 9.44 Å². The van der Waals surface area contributed by atoms with Crippen molar-refractivity contribution in [3.05, 3.63) is 0 Å². The van der Waals surface area contributed by atoms with E-state index in [-0.39, 0.29) is 6.54 Å². The summed E-state index contributed by atoms with van der Waals surface area (Å²) >= 11 is 0. The molecular weight excluding hydrogens is 190 g/mol. The lowest BCUT2D eigenvalue weighted by molar-refractivity contribution is 0.475. The van der Waals surface area contributed by atoms with Crippen LogP contribution in [0.4, 0.5) is 0 Å². The van der Waals surface area contributed by atoms with Crippen LogP contribution in [-0.2, 0) is 10.2 Å². The topological polar surface area (TPSA) is 82.0 Å². The van der Waals surface area contributed by atoms with E-state index < -0.39 is 15.6 Å². The predicted octanol–water partition coefficient (Wildman–Crippen LogP) is -0.0199. The van der Waals surface area contributed by atoms with Crippen molar-refractivity contribution in [2.75, 3.05) is 13.1 Å². The van der Waals surface area contributed by atoms with E-state index in [1.165, 1.54) is 0 Å². The van der Waals surface area contributed by atoms with Gasteiger partial charge in [-0.2, -0.15) is 13.7 Å². The van der Waals surface area contributed by atoms with Gasteiger partial charge in [-0.1, -0.05) is 6.92 Å². The Balaban J connectivity index is 4.12. The second-order valence-electron chi connectivity index (χ2n) is 3.32. The van der Waals surface area contributed by atoms with Gasteiger partial charge in [0.2, 0.25) is 0 Å². The van der Waals surface area contributed by atoms with Crippen LogP contribution >= 0.6 is 0 Å². The van der Waals surface area contributed by atoms with Gasteiger partial charge < -0.3 is 0 Å². The molecular formula is C7H15N3O2S. The molecule has 0 aliphatic carbocycles. The summed E-state index contributed by atoms with van der Waals surface area (Å²) in [6.07, 6.45) is 0. The molecule has 76 valence electrons. The molecule has 6 heteroatoms. The number of nitriles is 1. The minimum absolute atomic E-state index is 0.110. The highest BCUT2D eigenvalue weighted by Gasteiger charge is 2.19. The Bertz CT molecular complexity index is 289. The lowest BCUT2D eigenvalue weighted by Gasteiger charge is -2.15. The Morgan fingerprint density at radius 1 is 1.38 bits per heavy atom. The van der Waals surface area contributed by atoms with Gasteiger partial charge in [0.15, 0.2) is 0 Å². The minimum atomic E-state index is -3.43. The van der Waals surface area contributed by atoms with Crippen LogP contribution in [0.3, 0.4) is 0 Å². The van der Waals surface area contributed by atoms with Gasteiger partial charge in [0, 0.05) is 13.1 Å². The largest absolute Gasteiger partial charge is 0.276 e. The molecule has 0 heterocycles. The zero-order chi connectivity index (χ0) is 10.5. The molecule has 0 rings (SSSR count). The molecule has 13 heavy (non-hydrogen) atoms. The number of hydrogen-bond acceptors (Lipinski definition) is 3. The van der Waals surface area contributed by atoms with E-state index >= 15 is 0 Å². The van der Waals surface area contributed by atoms with Crippen LogP contribution in [0.5, 0.6) is 0 Å². The van der Waals surface area contributed by atoms with Crippen molar-refractivity contribution < 1.29 is 8.42 Å². The summed E-state index contributed by atoms with van der Waals surface area (Å²) < 4.78 is 26.7. The molecule has 0 aliphatic rings. The lowest BCUT2D eigenvalue weighted by Crippen LogP contribution is -2.40. The van der Waals surface area contributed by atoms with E-state index in [0.717, 1.165) is 0 Å². The Labute approximate surface area is 79.3 Å². The van der Waals surface area contributed by atoms with Crippen LogP contribution in [0.15, 0.2) is 0 Å². The van der Waals surface area contributed by atoms with Gasteiger partial charge in [0.25, 0.3) is 10.2 Å². The Hall–Kier alpha value is -0.640. The summed E-state index contributed by atoms with van der Waals surface area (Å²) in [5, 5.41) is 8.62. The summed E-state index contributed by atoms with van der Waals surface area (Å²) in [5.41, 5.74) is -0.678. The summed E-state index contributed by atoms with van der Waals surface area (Å²) in [7, 11) is -3.43. The van der Waals surface area contributed by atoms with Gasteiger partial charge in [-0.05, 0) is 13.8 Å². The third-order valence-electron chi connectivity index (χ3n) is 1.34. The molecule has 0 saturated carbocycles. The van der Waals surface area contributed by atoms with Crippen LogP contribution in [0.25, 0.3) is 0 Å². The third-order valence-corrected chi connectivity index (χ3v) is 2.53. The fourth-order valence-electron chi connectivity index (χ4n) is 0.556. The summed E-state index contributed by atoms with van der Waals surface area (Å²) in [4.78, 5) is 0. The van der Waals surface area contributed by atoms with Crippen molar-refractivity contribution in [3.63, 3.8) is 0 Å². The molecule has 0 saturated heterocycles. The standard InChI is InChI=1S/C7H15N3O2S/c1-4-9-13(11,12)10-6-7(2,3)5-8/h9-10H,4,6H2,1-3H3. The monoisotopic (exact) mass is 205 g/mol. The van der Waals surface area contributed by atoms with E-state index in [0.29, 0.717) is 6.54 Å². The second kappa shape index (κ2) is 4.56. The smallest absolute Gasteiger partial charge is 0.203 e. The summed E-state index contributed by atoms with van der Waals surface area (Å²) in [6, 6.07) is 2.00. The maximum Gasteiger partial charge on any atom is 0.276 e. The zero-order valence-electron chi connectivity index (χ0n) is 8.09. The molecule has 0 radical (unpaired) electrons. The first kappa shape index (κ1) is 12.4. The average molecular weight is 205 g/mol. The molecule has 5 nitrogen and oxygen atoms in total. The molecule has 0 bridgehead atoms. The number of nitrogens with one attached hydrogen (secondary N) is 2. The molecule has 0 fully saturated rings. The van der Waals surface area contributed by atoms with Crippen molar-refractivity contribution in [1.29, 1.82) is 5.26 Å². The first-order valence-corrected chi connectivity index (χ1v) is 5.47. The highest BCUT2D eigenvalue weighted by atomic mass is 32.2. The van der Waals surface area contributed by atoms with Gasteiger partial charge in [-0.15, -0.1) is 0 Å². The van der Waals surface area contributed by atoms with Crippen molar-refractivity contribution in [1.82, 2.24) is 9.44 Å². The minimum Gasteiger partial charge on any atom is -0.203 e. The van der Waals surface area contributed by atoms with Crippen LogP contribution in [0, 0.1) is 16.7 Å². The molecule has 0 aliphatic heterocycles. The van der Waals surface area contributed by atoms with E-state index in [2.05, 4.69) is 9.44 Å². The first-order chi connectivity index (χ1) is 5.83. The molecule has 2 N–H and O–H groups in total. The van der Waals surface area contributed by atoms with E-state index in [1.807, 2.05) is 6.07 Å². The van der Waals surface area contributed by atoms with E-state index in [9.17, 15) is 8.42 Å². The predicted molar refractivity (Wildman–Crippen MR) is 50.0 cm³/mol. The number of nitrogens with zero attached hydrogens (tertiary/aromatic N) is 1. The number of hydrogen-bond donors (Lipinski definition) is 2. The third kappa shape index (κ3) is 5.58. The number of rotatable bonds is 5. The van der Waals surface area contributed by atoms with Crippen molar-refractivity contribution in [3.8, 4) is 6.07 Å². The average Bonchev–Trinajstić information content (AvgIpc) is 2.02. The summed E-state index contributed by atoms with van der Waals surface area (Å²) in [5.74, 6) is 0. The molecule has 0 atom stereocenters. The summed E-state index contributed by atoms with van der Waals surface area (Å²) in [6.45, 7) is 5.47. The Kier molecular flexibility index (Phi) is 4.33. The van der Waals surface area contributed by atoms with Gasteiger partial charge >= 0.3 is 0 Å². The SMILES string of the molecule is CCNS(=O)(=O)NCC(C)(C)C#N. The molecule has 0 unspecified atom stereocenters. The Morgan fingerprint density at radius 3 is 2.31 bits per heavy atom. The van der Waals surface area contributed by atoms with E-state index in [1.54, 1.807) is 20.8 Å². The van der Waals surface area contributed by atoms with Crippen molar-refractivity contribution in [2.24, 2.45) is 5.41 Å². The van der Waals surface area contributed by atoms with Crippen LogP contribution < -0.4 is 9.44 Å². The quantitative estimate of drug-likeness (QED) is 0.661. The van der Waals surface area contributed by atoms with Crippen LogP contribution in [0.2, 0.25) is 0 Å². The Morgan fingerprint density at radius 2 is 1.92 bits per heavy atom. The highest BCUT2D eigenvalue weighted by molar-refractivity contribution is 7.87. The first-order valence-electron chi connectivity index (χ1n) is 3.98. The maximum absolute atomic E-state index is 11.1. The molecule has 0 spiro atoms. The molecule has 0 aromatic carbocycles. The maximum atomic E-state index is 11.1. The highest BCUT2D eigenvalue weighted by Crippen LogP contribution is 2.10. The molecule has 0 aromatic heterocycles. The van der Waals surface area contributed by atoms with E-state index in [4.69, 9.17) is 5.26 Å². The molecule has 0 aromatic rings. The fourth-order valence-corrected chi connectivity index (χ4v) is 1.59. The molecule has 0 amide bonds. The van der Waals surface area contributed by atoms with Crippen LogP contribution in [0.1, 0.15) is 20.8 Å². The van der Waals surface area contributed by atoms with Crippen molar-refractivity contribution in [2.45, 2.75) is 20.8 Å². The van der Waals surface area contributed by atoms with Crippen LogP contribution in [-0.4, -0.2) is 21.5 Å². The fraction of sp³-hybridized carbons (Fsp3) is 0.857. The second-order valence-corrected chi connectivity index (χ2v) is 4.90. The van der Waals surface area contributed by atoms with Gasteiger partial charge in [0.1, 0.15) is 0 Å². The lowest BCUT2D eigenvalue weighted by atomic mass is 9.97. The van der Waals surface area contributed by atoms with Gasteiger partial charge in [0.05, 0.1) is 11.5 Å². The van der Waals surface area contributed by atoms with Crippen molar-refractivity contribution >= 4 is 10.2 Å². The zero-order valence-corrected chi connectivity index (χ0v) is 8.90. The normalized spacial score (nSPS) is 12.5.